The van der Waals surface area contributed by atoms with Crippen LogP contribution in [0.4, 0.5) is 0 Å². The van der Waals surface area contributed by atoms with E-state index < -0.39 is 0 Å². The molecule has 1 aliphatic rings. The zero-order valence-electron chi connectivity index (χ0n) is 11.3. The molecular formula is C15H27N. The number of nitrogens with zero attached hydrogens (tertiary/aromatic N) is 1. The van der Waals surface area contributed by atoms with E-state index in [0.29, 0.717) is 5.92 Å². The molecule has 0 N–H and O–H groups in total. The van der Waals surface area contributed by atoms with E-state index in [4.69, 9.17) is 0 Å². The molecule has 0 atom stereocenters. The Labute approximate surface area is 101 Å². The van der Waals surface area contributed by atoms with Crippen LogP contribution in [-0.4, -0.2) is 24.5 Å². The van der Waals surface area contributed by atoms with Gasteiger partial charge in [0.05, 0.1) is 0 Å². The van der Waals surface area contributed by atoms with E-state index in [1.54, 1.807) is 0 Å². The van der Waals surface area contributed by atoms with Crippen LogP contribution in [0.1, 0.15) is 46.5 Å². The lowest BCUT2D eigenvalue weighted by Gasteiger charge is -2.28. The molecule has 1 heteroatoms. The minimum Gasteiger partial charge on any atom is -0.299 e. The summed E-state index contributed by atoms with van der Waals surface area (Å²) in [5, 5.41) is 0. The molecule has 0 aromatic rings. The summed E-state index contributed by atoms with van der Waals surface area (Å²) in [7, 11) is 0. The lowest BCUT2D eigenvalue weighted by atomic mass is 9.94. The van der Waals surface area contributed by atoms with Crippen molar-refractivity contribution in [2.45, 2.75) is 46.5 Å². The third kappa shape index (κ3) is 4.13. The summed E-state index contributed by atoms with van der Waals surface area (Å²) in [5.74, 6) is 0.609. The number of hydrogen-bond acceptors (Lipinski definition) is 1. The van der Waals surface area contributed by atoms with E-state index in [2.05, 4.69) is 38.3 Å². The average Bonchev–Trinajstić information content (AvgIpc) is 2.26. The van der Waals surface area contributed by atoms with Gasteiger partial charge >= 0.3 is 0 Å². The third-order valence-corrected chi connectivity index (χ3v) is 3.32. The highest BCUT2D eigenvalue weighted by molar-refractivity contribution is 5.31. The van der Waals surface area contributed by atoms with Gasteiger partial charge in [0.2, 0.25) is 0 Å². The number of likely N-dealkylation sites (tertiary alicyclic amines) is 1. The molecule has 0 bridgehead atoms. The number of rotatable bonds is 5. The van der Waals surface area contributed by atoms with Crippen LogP contribution < -0.4 is 0 Å². The maximum Gasteiger partial charge on any atom is 0.0230 e. The van der Waals surface area contributed by atoms with Crippen molar-refractivity contribution in [3.8, 4) is 0 Å². The van der Waals surface area contributed by atoms with Gasteiger partial charge in [0.1, 0.15) is 0 Å². The fourth-order valence-corrected chi connectivity index (χ4v) is 2.49. The van der Waals surface area contributed by atoms with Gasteiger partial charge in [-0.2, -0.15) is 0 Å². The number of hydrogen-bond donors (Lipinski definition) is 0. The molecular weight excluding hydrogens is 194 g/mol. The van der Waals surface area contributed by atoms with Gasteiger partial charge in [0.15, 0.2) is 0 Å². The maximum absolute atomic E-state index is 4.28. The predicted molar refractivity (Wildman–Crippen MR) is 72.6 cm³/mol. The predicted octanol–water partition coefficient (Wildman–Crippen LogP) is 4.02. The van der Waals surface area contributed by atoms with Crippen LogP contribution >= 0.6 is 0 Å². The van der Waals surface area contributed by atoms with Crippen LogP contribution in [0.3, 0.4) is 0 Å². The van der Waals surface area contributed by atoms with Crippen molar-refractivity contribution in [2.24, 2.45) is 5.92 Å². The van der Waals surface area contributed by atoms with E-state index in [0.717, 1.165) is 13.0 Å². The molecule has 92 valence electrons. The molecule has 1 fully saturated rings. The Hall–Kier alpha value is -0.560. The summed E-state index contributed by atoms with van der Waals surface area (Å²) in [5.41, 5.74) is 2.80. The van der Waals surface area contributed by atoms with Crippen molar-refractivity contribution in [1.82, 2.24) is 4.90 Å². The largest absolute Gasteiger partial charge is 0.299 e. The monoisotopic (exact) mass is 221 g/mol. The Morgan fingerprint density at radius 3 is 2.38 bits per heavy atom. The fraction of sp³-hybridized carbons (Fsp3) is 0.733. The fourth-order valence-electron chi connectivity index (χ4n) is 2.49. The van der Waals surface area contributed by atoms with Crippen LogP contribution in [0.15, 0.2) is 23.8 Å². The van der Waals surface area contributed by atoms with Gasteiger partial charge in [-0.3, -0.25) is 4.90 Å². The second-order valence-corrected chi connectivity index (χ2v) is 5.16. The van der Waals surface area contributed by atoms with Crippen LogP contribution in [-0.2, 0) is 0 Å². The summed E-state index contributed by atoms with van der Waals surface area (Å²) < 4.78 is 0. The Balaban J connectivity index is 2.51. The van der Waals surface area contributed by atoms with Crippen molar-refractivity contribution >= 4 is 0 Å². The van der Waals surface area contributed by atoms with Crippen molar-refractivity contribution in [1.29, 1.82) is 0 Å². The molecule has 1 heterocycles. The first-order valence-electron chi connectivity index (χ1n) is 6.75. The summed E-state index contributed by atoms with van der Waals surface area (Å²) in [4.78, 5) is 2.55. The van der Waals surface area contributed by atoms with Crippen LogP contribution in [0, 0.1) is 5.92 Å². The topological polar surface area (TPSA) is 3.24 Å². The van der Waals surface area contributed by atoms with Gasteiger partial charge < -0.3 is 0 Å². The molecule has 1 nitrogen and oxygen atoms in total. The third-order valence-electron chi connectivity index (χ3n) is 3.32. The second-order valence-electron chi connectivity index (χ2n) is 5.16. The summed E-state index contributed by atoms with van der Waals surface area (Å²) in [6.45, 7) is 14.6. The maximum atomic E-state index is 4.28. The van der Waals surface area contributed by atoms with Crippen molar-refractivity contribution in [2.75, 3.05) is 19.6 Å². The molecule has 1 rings (SSSR count). The first kappa shape index (κ1) is 13.5. The van der Waals surface area contributed by atoms with Gasteiger partial charge in [-0.15, -0.1) is 0 Å². The molecule has 0 aromatic heterocycles. The quantitative estimate of drug-likeness (QED) is 0.634. The van der Waals surface area contributed by atoms with Crippen molar-refractivity contribution in [3.63, 3.8) is 0 Å². The lowest BCUT2D eigenvalue weighted by Crippen LogP contribution is -2.31. The zero-order valence-corrected chi connectivity index (χ0v) is 11.3. The molecule has 0 amide bonds. The first-order valence-corrected chi connectivity index (χ1v) is 6.75. The molecule has 0 radical (unpaired) electrons. The van der Waals surface area contributed by atoms with Gasteiger partial charge in [-0.05, 0) is 49.4 Å². The number of allylic oxidation sites excluding steroid dienone is 1. The van der Waals surface area contributed by atoms with E-state index >= 15 is 0 Å². The standard InChI is InChI=1S/C15H27N/c1-5-9-15(13(2)3)14(4)12-16-10-7-6-8-11-16/h9,13H,4-8,10-12H2,1-3H3/b15-9+. The first-order chi connectivity index (χ1) is 7.65. The summed E-state index contributed by atoms with van der Waals surface area (Å²) in [6, 6.07) is 0. The van der Waals surface area contributed by atoms with E-state index in [1.165, 1.54) is 43.5 Å². The Kier molecular flexibility index (Phi) is 5.83. The van der Waals surface area contributed by atoms with Gasteiger partial charge in [0, 0.05) is 6.54 Å². The van der Waals surface area contributed by atoms with Gasteiger partial charge in [0.25, 0.3) is 0 Å². The molecule has 16 heavy (non-hydrogen) atoms. The Morgan fingerprint density at radius 2 is 1.88 bits per heavy atom. The molecule has 0 saturated carbocycles. The minimum absolute atomic E-state index is 0.609. The summed E-state index contributed by atoms with van der Waals surface area (Å²) >= 11 is 0. The smallest absolute Gasteiger partial charge is 0.0230 e. The Bertz CT molecular complexity index is 244. The Morgan fingerprint density at radius 1 is 1.25 bits per heavy atom. The second kappa shape index (κ2) is 6.90. The highest BCUT2D eigenvalue weighted by Gasteiger charge is 2.14. The van der Waals surface area contributed by atoms with Crippen molar-refractivity contribution in [3.05, 3.63) is 23.8 Å². The highest BCUT2D eigenvalue weighted by atomic mass is 15.1. The SMILES string of the molecule is C=C(CN1CCCCC1)/C(=C/CC)C(C)C. The van der Waals surface area contributed by atoms with Crippen LogP contribution in [0.5, 0.6) is 0 Å². The summed E-state index contributed by atoms with van der Waals surface area (Å²) in [6.07, 6.45) is 7.60. The minimum atomic E-state index is 0.609. The van der Waals surface area contributed by atoms with E-state index in [1.807, 2.05) is 0 Å². The zero-order chi connectivity index (χ0) is 12.0. The van der Waals surface area contributed by atoms with Gasteiger partial charge in [-0.1, -0.05) is 39.8 Å². The highest BCUT2D eigenvalue weighted by Crippen LogP contribution is 2.21. The normalized spacial score (nSPS) is 19.1. The molecule has 0 unspecified atom stereocenters. The lowest BCUT2D eigenvalue weighted by molar-refractivity contribution is 0.247. The van der Waals surface area contributed by atoms with Gasteiger partial charge in [-0.25, -0.2) is 0 Å². The van der Waals surface area contributed by atoms with E-state index in [-0.39, 0.29) is 0 Å². The van der Waals surface area contributed by atoms with Crippen LogP contribution in [0.25, 0.3) is 0 Å². The van der Waals surface area contributed by atoms with Crippen LogP contribution in [0.2, 0.25) is 0 Å². The number of piperidine rings is 1. The molecule has 1 aliphatic heterocycles. The molecule has 0 aliphatic carbocycles. The average molecular weight is 221 g/mol. The van der Waals surface area contributed by atoms with Crippen molar-refractivity contribution < 1.29 is 0 Å². The molecule has 0 spiro atoms. The molecule has 0 aromatic carbocycles. The van der Waals surface area contributed by atoms with E-state index in [9.17, 15) is 0 Å². The molecule has 1 saturated heterocycles.